The van der Waals surface area contributed by atoms with Crippen molar-refractivity contribution in [2.75, 3.05) is 0 Å². The van der Waals surface area contributed by atoms with E-state index in [1.54, 1.807) is 6.20 Å². The summed E-state index contributed by atoms with van der Waals surface area (Å²) in [6.07, 6.45) is 7.76. The van der Waals surface area contributed by atoms with E-state index < -0.39 is 0 Å². The molecule has 0 bridgehead atoms. The molecule has 0 radical (unpaired) electrons. The molecule has 0 unspecified atom stereocenters. The number of benzene rings is 1. The monoisotopic (exact) mass is 181 g/mol. The maximum atomic E-state index is 4.05. The van der Waals surface area contributed by atoms with Crippen molar-refractivity contribution in [1.82, 2.24) is 4.98 Å². The van der Waals surface area contributed by atoms with Gasteiger partial charge in [0.2, 0.25) is 0 Å². The van der Waals surface area contributed by atoms with Gasteiger partial charge in [-0.15, -0.1) is 0 Å². The molecule has 0 aliphatic carbocycles. The van der Waals surface area contributed by atoms with E-state index in [1.165, 1.54) is 5.56 Å². The zero-order valence-electron chi connectivity index (χ0n) is 7.80. The molecule has 0 atom stereocenters. The van der Waals surface area contributed by atoms with Gasteiger partial charge in [0.1, 0.15) is 0 Å². The van der Waals surface area contributed by atoms with E-state index in [1.807, 2.05) is 36.5 Å². The van der Waals surface area contributed by atoms with Gasteiger partial charge in [0, 0.05) is 12.4 Å². The SMILES string of the molecule is C(=Cc1cccnc1)c1ccccc1. The summed E-state index contributed by atoms with van der Waals surface area (Å²) < 4.78 is 0. The lowest BCUT2D eigenvalue weighted by atomic mass is 10.2. The molecule has 0 aliphatic rings. The van der Waals surface area contributed by atoms with E-state index in [0.29, 0.717) is 0 Å². The minimum Gasteiger partial charge on any atom is -0.264 e. The van der Waals surface area contributed by atoms with Gasteiger partial charge in [-0.05, 0) is 17.2 Å². The second-order valence-electron chi connectivity index (χ2n) is 3.03. The number of rotatable bonds is 2. The summed E-state index contributed by atoms with van der Waals surface area (Å²) in [5.41, 5.74) is 2.33. The Labute approximate surface area is 83.7 Å². The molecule has 0 saturated heterocycles. The van der Waals surface area contributed by atoms with E-state index in [0.717, 1.165) is 5.56 Å². The van der Waals surface area contributed by atoms with E-state index in [-0.39, 0.29) is 0 Å². The molecule has 68 valence electrons. The van der Waals surface area contributed by atoms with Crippen LogP contribution in [0.5, 0.6) is 0 Å². The average molecular weight is 181 g/mol. The predicted molar refractivity (Wildman–Crippen MR) is 59.6 cm³/mol. The Morgan fingerprint density at radius 3 is 2.21 bits per heavy atom. The van der Waals surface area contributed by atoms with Crippen LogP contribution < -0.4 is 0 Å². The molecular weight excluding hydrogens is 170 g/mol. The number of hydrogen-bond donors (Lipinski definition) is 0. The Kier molecular flexibility index (Phi) is 2.72. The number of aromatic nitrogens is 1. The van der Waals surface area contributed by atoms with Crippen molar-refractivity contribution in [3.05, 3.63) is 66.0 Å². The van der Waals surface area contributed by atoms with Crippen LogP contribution >= 0.6 is 0 Å². The largest absolute Gasteiger partial charge is 0.264 e. The average Bonchev–Trinajstić information content (AvgIpc) is 2.29. The van der Waals surface area contributed by atoms with Gasteiger partial charge in [0.15, 0.2) is 0 Å². The second kappa shape index (κ2) is 4.38. The number of hydrogen-bond acceptors (Lipinski definition) is 1. The van der Waals surface area contributed by atoms with Gasteiger partial charge >= 0.3 is 0 Å². The molecule has 2 aromatic rings. The van der Waals surface area contributed by atoms with Gasteiger partial charge in [0.05, 0.1) is 0 Å². The van der Waals surface area contributed by atoms with Crippen molar-refractivity contribution in [1.29, 1.82) is 0 Å². The lowest BCUT2D eigenvalue weighted by Gasteiger charge is -1.92. The molecule has 0 saturated carbocycles. The van der Waals surface area contributed by atoms with Crippen molar-refractivity contribution >= 4 is 12.2 Å². The van der Waals surface area contributed by atoms with E-state index in [4.69, 9.17) is 0 Å². The number of nitrogens with zero attached hydrogens (tertiary/aromatic N) is 1. The van der Waals surface area contributed by atoms with Crippen LogP contribution in [0.4, 0.5) is 0 Å². The first-order chi connectivity index (χ1) is 6.95. The normalized spacial score (nSPS) is 10.6. The van der Waals surface area contributed by atoms with Crippen LogP contribution in [0.2, 0.25) is 0 Å². The van der Waals surface area contributed by atoms with Crippen molar-refractivity contribution < 1.29 is 0 Å². The molecule has 14 heavy (non-hydrogen) atoms. The van der Waals surface area contributed by atoms with Crippen LogP contribution in [0.1, 0.15) is 11.1 Å². The summed E-state index contributed by atoms with van der Waals surface area (Å²) in [6.45, 7) is 0. The van der Waals surface area contributed by atoms with Gasteiger partial charge < -0.3 is 0 Å². The molecule has 1 aromatic carbocycles. The minimum atomic E-state index is 1.12. The molecule has 0 spiro atoms. The van der Waals surface area contributed by atoms with Crippen molar-refractivity contribution in [2.24, 2.45) is 0 Å². The molecule has 0 N–H and O–H groups in total. The Morgan fingerprint density at radius 1 is 0.786 bits per heavy atom. The highest BCUT2D eigenvalue weighted by Crippen LogP contribution is 2.05. The van der Waals surface area contributed by atoms with Gasteiger partial charge in [-0.1, -0.05) is 48.6 Å². The number of pyridine rings is 1. The summed E-state index contributed by atoms with van der Waals surface area (Å²) in [5.74, 6) is 0. The first-order valence-electron chi connectivity index (χ1n) is 4.58. The highest BCUT2D eigenvalue weighted by atomic mass is 14.6. The smallest absolute Gasteiger partial charge is 0.0340 e. The van der Waals surface area contributed by atoms with Crippen molar-refractivity contribution in [3.8, 4) is 0 Å². The molecule has 2 rings (SSSR count). The Balaban J connectivity index is 2.16. The van der Waals surface area contributed by atoms with Crippen molar-refractivity contribution in [3.63, 3.8) is 0 Å². The molecular formula is C13H11N. The Morgan fingerprint density at radius 2 is 1.50 bits per heavy atom. The van der Waals surface area contributed by atoms with E-state index in [9.17, 15) is 0 Å². The first-order valence-corrected chi connectivity index (χ1v) is 4.58. The maximum absolute atomic E-state index is 4.05. The van der Waals surface area contributed by atoms with Crippen LogP contribution in [-0.4, -0.2) is 4.98 Å². The van der Waals surface area contributed by atoms with Crippen LogP contribution in [-0.2, 0) is 0 Å². The minimum absolute atomic E-state index is 1.12. The molecule has 1 heterocycles. The quantitative estimate of drug-likeness (QED) is 0.693. The topological polar surface area (TPSA) is 12.9 Å². The van der Waals surface area contributed by atoms with Gasteiger partial charge in [-0.3, -0.25) is 4.98 Å². The summed E-state index contributed by atoms with van der Waals surface area (Å²) in [6, 6.07) is 14.2. The molecule has 1 aromatic heterocycles. The third-order valence-electron chi connectivity index (χ3n) is 1.95. The van der Waals surface area contributed by atoms with E-state index >= 15 is 0 Å². The second-order valence-corrected chi connectivity index (χ2v) is 3.03. The molecule has 1 heteroatoms. The summed E-state index contributed by atoms with van der Waals surface area (Å²) in [5, 5.41) is 0. The zero-order valence-corrected chi connectivity index (χ0v) is 7.80. The fourth-order valence-corrected chi connectivity index (χ4v) is 1.23. The zero-order chi connectivity index (χ0) is 9.64. The summed E-state index contributed by atoms with van der Waals surface area (Å²) in [4.78, 5) is 4.05. The van der Waals surface area contributed by atoms with Gasteiger partial charge in [-0.2, -0.15) is 0 Å². The van der Waals surface area contributed by atoms with Gasteiger partial charge in [-0.25, -0.2) is 0 Å². The molecule has 0 amide bonds. The lowest BCUT2D eigenvalue weighted by molar-refractivity contribution is 1.32. The maximum Gasteiger partial charge on any atom is 0.0340 e. The fourth-order valence-electron chi connectivity index (χ4n) is 1.23. The Bertz CT molecular complexity index is 362. The standard InChI is InChI=1S/C13H11N/c1-2-5-12(6-3-1)8-9-13-7-4-10-14-11-13/h1-11H. The summed E-state index contributed by atoms with van der Waals surface area (Å²) in [7, 11) is 0. The molecule has 0 fully saturated rings. The van der Waals surface area contributed by atoms with Crippen LogP contribution in [0.3, 0.4) is 0 Å². The third-order valence-corrected chi connectivity index (χ3v) is 1.95. The highest BCUT2D eigenvalue weighted by molar-refractivity contribution is 5.68. The van der Waals surface area contributed by atoms with Crippen molar-refractivity contribution in [2.45, 2.75) is 0 Å². The molecule has 1 nitrogen and oxygen atoms in total. The van der Waals surface area contributed by atoms with Crippen LogP contribution in [0, 0.1) is 0 Å². The Hall–Kier alpha value is -1.89. The van der Waals surface area contributed by atoms with Gasteiger partial charge in [0.25, 0.3) is 0 Å². The molecule has 0 aliphatic heterocycles. The van der Waals surface area contributed by atoms with Crippen LogP contribution in [0.15, 0.2) is 54.9 Å². The summed E-state index contributed by atoms with van der Waals surface area (Å²) >= 11 is 0. The predicted octanol–water partition coefficient (Wildman–Crippen LogP) is 3.25. The van der Waals surface area contributed by atoms with E-state index in [2.05, 4.69) is 29.3 Å². The third kappa shape index (κ3) is 2.30. The fraction of sp³-hybridized carbons (Fsp3) is 0. The first kappa shape index (κ1) is 8.70. The highest BCUT2D eigenvalue weighted by Gasteiger charge is 1.85. The van der Waals surface area contributed by atoms with Crippen LogP contribution in [0.25, 0.3) is 12.2 Å². The lowest BCUT2D eigenvalue weighted by Crippen LogP contribution is -1.73.